The lowest BCUT2D eigenvalue weighted by Gasteiger charge is -2.11. The summed E-state index contributed by atoms with van der Waals surface area (Å²) >= 11 is 8.91. The molecule has 96 valence electrons. The van der Waals surface area contributed by atoms with Crippen molar-refractivity contribution >= 4 is 27.5 Å². The Labute approximate surface area is 116 Å². The number of hydrogen-bond acceptors (Lipinski definition) is 2. The molecule has 2 aromatic rings. The van der Waals surface area contributed by atoms with Gasteiger partial charge in [0.05, 0.1) is 10.2 Å². The molecule has 0 saturated heterocycles. The molecule has 1 aromatic carbocycles. The summed E-state index contributed by atoms with van der Waals surface area (Å²) in [4.78, 5) is 0. The zero-order chi connectivity index (χ0) is 13.4. The van der Waals surface area contributed by atoms with Crippen LogP contribution in [-0.4, -0.2) is 14.8 Å². The molecule has 0 spiro atoms. The van der Waals surface area contributed by atoms with Crippen molar-refractivity contribution in [3.05, 3.63) is 39.3 Å². The van der Waals surface area contributed by atoms with E-state index in [1.165, 1.54) is 10.6 Å². The van der Waals surface area contributed by atoms with E-state index in [1.807, 2.05) is 13.8 Å². The van der Waals surface area contributed by atoms with Gasteiger partial charge in [0, 0.05) is 12.0 Å². The molecule has 0 aliphatic rings. The van der Waals surface area contributed by atoms with Gasteiger partial charge in [-0.3, -0.25) is 4.57 Å². The second-order valence-electron chi connectivity index (χ2n) is 4.04. The van der Waals surface area contributed by atoms with Gasteiger partial charge in [-0.1, -0.05) is 13.8 Å². The largest absolute Gasteiger partial charge is 0.266 e. The lowest BCUT2D eigenvalue weighted by molar-refractivity contribution is 0.571. The smallest absolute Gasteiger partial charge is 0.229 e. The van der Waals surface area contributed by atoms with Crippen LogP contribution in [-0.2, 0) is 0 Å². The van der Waals surface area contributed by atoms with Crippen molar-refractivity contribution in [1.29, 1.82) is 0 Å². The van der Waals surface area contributed by atoms with Crippen LogP contribution in [0.15, 0.2) is 16.6 Å². The summed E-state index contributed by atoms with van der Waals surface area (Å²) in [5, 5.41) is 7.64. The first-order valence-corrected chi connectivity index (χ1v) is 6.34. The van der Waals surface area contributed by atoms with Gasteiger partial charge in [0.25, 0.3) is 0 Å². The van der Waals surface area contributed by atoms with E-state index >= 15 is 0 Å². The van der Waals surface area contributed by atoms with Gasteiger partial charge in [-0.25, -0.2) is 8.78 Å². The average molecular weight is 337 g/mol. The predicted octanol–water partition coefficient (Wildman–Crippen LogP) is 4.08. The third-order valence-corrected chi connectivity index (χ3v) is 3.25. The maximum absolute atomic E-state index is 13.8. The lowest BCUT2D eigenvalue weighted by Crippen LogP contribution is -2.06. The highest BCUT2D eigenvalue weighted by molar-refractivity contribution is 9.10. The molecule has 0 bridgehead atoms. The molecule has 0 saturated carbocycles. The Hall–Kier alpha value is -1.01. The molecule has 0 aliphatic heterocycles. The topological polar surface area (TPSA) is 30.7 Å². The summed E-state index contributed by atoms with van der Waals surface area (Å²) in [6, 6.07) is 2.10. The molecule has 1 aromatic heterocycles. The summed E-state index contributed by atoms with van der Waals surface area (Å²) in [5.41, 5.74) is 0.113. The third-order valence-electron chi connectivity index (χ3n) is 2.40. The molecule has 0 unspecified atom stereocenters. The Morgan fingerprint density at radius 3 is 2.50 bits per heavy atom. The molecule has 3 nitrogen and oxygen atoms in total. The third kappa shape index (κ3) is 2.27. The number of rotatable bonds is 2. The molecule has 0 atom stereocenters. The van der Waals surface area contributed by atoms with Gasteiger partial charge in [0.1, 0.15) is 17.5 Å². The highest BCUT2D eigenvalue weighted by Gasteiger charge is 2.19. The van der Waals surface area contributed by atoms with Gasteiger partial charge in [-0.05, 0) is 33.6 Å². The Morgan fingerprint density at radius 2 is 1.89 bits per heavy atom. The fourth-order valence-electron chi connectivity index (χ4n) is 1.56. The first-order valence-electron chi connectivity index (χ1n) is 5.17. The highest BCUT2D eigenvalue weighted by atomic mass is 79.9. The van der Waals surface area contributed by atoms with Gasteiger partial charge in [-0.15, -0.1) is 10.2 Å². The number of nitrogens with zero attached hydrogens (tertiary/aromatic N) is 3. The summed E-state index contributed by atoms with van der Waals surface area (Å²) in [7, 11) is 0. The zero-order valence-corrected chi connectivity index (χ0v) is 11.9. The number of halogens is 4. The van der Waals surface area contributed by atoms with E-state index in [9.17, 15) is 8.78 Å². The van der Waals surface area contributed by atoms with E-state index in [1.54, 1.807) is 0 Å². The summed E-state index contributed by atoms with van der Waals surface area (Å²) in [6.07, 6.45) is 0. The minimum atomic E-state index is -0.723. The minimum Gasteiger partial charge on any atom is -0.266 e. The fourth-order valence-corrected chi connectivity index (χ4v) is 2.10. The van der Waals surface area contributed by atoms with E-state index < -0.39 is 11.6 Å². The van der Waals surface area contributed by atoms with Crippen LogP contribution in [0.1, 0.15) is 25.6 Å². The van der Waals surface area contributed by atoms with Crippen LogP contribution in [0.4, 0.5) is 8.78 Å². The molecule has 7 heteroatoms. The van der Waals surface area contributed by atoms with Crippen LogP contribution in [0, 0.1) is 11.6 Å². The molecule has 0 amide bonds. The molecule has 18 heavy (non-hydrogen) atoms. The fraction of sp³-hybridized carbons (Fsp3) is 0.273. The van der Waals surface area contributed by atoms with Crippen LogP contribution >= 0.6 is 27.5 Å². The van der Waals surface area contributed by atoms with Crippen molar-refractivity contribution in [2.24, 2.45) is 0 Å². The monoisotopic (exact) mass is 335 g/mol. The van der Waals surface area contributed by atoms with Crippen molar-refractivity contribution < 1.29 is 8.78 Å². The van der Waals surface area contributed by atoms with E-state index in [-0.39, 0.29) is 21.4 Å². The van der Waals surface area contributed by atoms with Gasteiger partial charge in [-0.2, -0.15) is 0 Å². The Balaban J connectivity index is 2.69. The summed E-state index contributed by atoms with van der Waals surface area (Å²) in [6.45, 7) is 3.76. The Kier molecular flexibility index (Phi) is 3.68. The molecular formula is C11H9BrClF2N3. The SMILES string of the molecule is CC(C)c1nnc(Cl)n1-c1cc(Br)c(F)cc1F. The first kappa shape index (κ1) is 13.4. The Bertz CT molecular complexity index is 598. The standard InChI is InChI=1S/C11H9BrClF2N3/c1-5(2)10-16-17-11(13)18(10)9-3-6(12)7(14)4-8(9)15/h3-5H,1-2H3. The van der Waals surface area contributed by atoms with Crippen LogP contribution in [0.5, 0.6) is 0 Å². The van der Waals surface area contributed by atoms with Crippen LogP contribution in [0.2, 0.25) is 5.28 Å². The highest BCUT2D eigenvalue weighted by Crippen LogP contribution is 2.28. The van der Waals surface area contributed by atoms with Crippen LogP contribution < -0.4 is 0 Å². The van der Waals surface area contributed by atoms with E-state index in [2.05, 4.69) is 26.1 Å². The van der Waals surface area contributed by atoms with Gasteiger partial charge >= 0.3 is 0 Å². The zero-order valence-electron chi connectivity index (χ0n) is 9.59. The van der Waals surface area contributed by atoms with E-state index in [4.69, 9.17) is 11.6 Å². The van der Waals surface area contributed by atoms with Crippen molar-refractivity contribution in [2.45, 2.75) is 19.8 Å². The lowest BCUT2D eigenvalue weighted by atomic mass is 10.2. The van der Waals surface area contributed by atoms with Crippen molar-refractivity contribution in [3.8, 4) is 5.69 Å². The molecule has 1 heterocycles. The average Bonchev–Trinajstić information content (AvgIpc) is 2.66. The first-order chi connectivity index (χ1) is 8.41. The normalized spacial score (nSPS) is 11.3. The second-order valence-corrected chi connectivity index (χ2v) is 5.23. The van der Waals surface area contributed by atoms with Crippen molar-refractivity contribution in [3.63, 3.8) is 0 Å². The quantitative estimate of drug-likeness (QED) is 0.774. The van der Waals surface area contributed by atoms with Gasteiger partial charge in [0.2, 0.25) is 5.28 Å². The van der Waals surface area contributed by atoms with E-state index in [0.717, 1.165) is 6.07 Å². The number of hydrogen-bond donors (Lipinski definition) is 0. The van der Waals surface area contributed by atoms with Gasteiger partial charge < -0.3 is 0 Å². The molecule has 0 N–H and O–H groups in total. The second kappa shape index (κ2) is 4.93. The molecule has 2 rings (SSSR count). The molecular weight excluding hydrogens is 327 g/mol. The van der Waals surface area contributed by atoms with Crippen LogP contribution in [0.3, 0.4) is 0 Å². The molecule has 0 fully saturated rings. The number of aromatic nitrogens is 3. The maximum atomic E-state index is 13.8. The minimum absolute atomic E-state index is 0.00762. The number of benzene rings is 1. The van der Waals surface area contributed by atoms with Crippen LogP contribution in [0.25, 0.3) is 5.69 Å². The maximum Gasteiger partial charge on any atom is 0.229 e. The predicted molar refractivity (Wildman–Crippen MR) is 68.1 cm³/mol. The summed E-state index contributed by atoms with van der Waals surface area (Å²) in [5.74, 6) is -0.878. The summed E-state index contributed by atoms with van der Waals surface area (Å²) < 4.78 is 28.5. The van der Waals surface area contributed by atoms with Crippen molar-refractivity contribution in [2.75, 3.05) is 0 Å². The van der Waals surface area contributed by atoms with E-state index in [0.29, 0.717) is 5.82 Å². The molecule has 0 radical (unpaired) electrons. The van der Waals surface area contributed by atoms with Crippen molar-refractivity contribution in [1.82, 2.24) is 14.8 Å². The van der Waals surface area contributed by atoms with Gasteiger partial charge in [0.15, 0.2) is 0 Å². The Morgan fingerprint density at radius 1 is 1.22 bits per heavy atom. The molecule has 0 aliphatic carbocycles.